The van der Waals surface area contributed by atoms with Crippen molar-refractivity contribution in [2.24, 2.45) is 4.99 Å². The lowest BCUT2D eigenvalue weighted by Crippen LogP contribution is -2.02. The zero-order valence-electron chi connectivity index (χ0n) is 8.48. The largest absolute Gasteiger partial charge is 0.282 e. The predicted octanol–water partition coefficient (Wildman–Crippen LogP) is 3.21. The summed E-state index contributed by atoms with van der Waals surface area (Å²) < 4.78 is 0. The van der Waals surface area contributed by atoms with Crippen molar-refractivity contribution in [1.82, 2.24) is 0 Å². The van der Waals surface area contributed by atoms with E-state index in [0.29, 0.717) is 6.04 Å². The van der Waals surface area contributed by atoms with Crippen LogP contribution in [-0.2, 0) is 0 Å². The van der Waals surface area contributed by atoms with Gasteiger partial charge in [-0.05, 0) is 25.3 Å². The summed E-state index contributed by atoms with van der Waals surface area (Å²) in [5, 5.41) is 0. The minimum Gasteiger partial charge on any atom is -0.282 e. The lowest BCUT2D eigenvalue weighted by molar-refractivity contribution is 0.782. The quantitative estimate of drug-likeness (QED) is 0.495. The minimum absolute atomic E-state index is 0.412. The van der Waals surface area contributed by atoms with Crippen LogP contribution in [0.3, 0.4) is 0 Å². The standard InChI is InChI=1S/C13H15N/c1-11(12-7-3-2-4-8-12)14-13-9-5-6-10-13/h2-5,7-9,13H,6,10H2,1H3. The van der Waals surface area contributed by atoms with E-state index in [-0.39, 0.29) is 0 Å². The summed E-state index contributed by atoms with van der Waals surface area (Å²) in [6, 6.07) is 10.8. The molecule has 1 unspecified atom stereocenters. The SMILES string of the molecule is CC(=NC1C=CCC1)c1ccccc1. The Morgan fingerprint density at radius 2 is 2.07 bits per heavy atom. The summed E-state index contributed by atoms with van der Waals surface area (Å²) in [7, 11) is 0. The first kappa shape index (κ1) is 9.20. The van der Waals surface area contributed by atoms with Gasteiger partial charge in [-0.1, -0.05) is 42.5 Å². The molecule has 0 fully saturated rings. The maximum Gasteiger partial charge on any atom is 0.0686 e. The molecule has 0 saturated carbocycles. The van der Waals surface area contributed by atoms with Crippen molar-refractivity contribution in [2.45, 2.75) is 25.8 Å². The van der Waals surface area contributed by atoms with Gasteiger partial charge in [0.2, 0.25) is 0 Å². The van der Waals surface area contributed by atoms with E-state index in [4.69, 9.17) is 0 Å². The van der Waals surface area contributed by atoms with Crippen LogP contribution < -0.4 is 0 Å². The van der Waals surface area contributed by atoms with Crippen LogP contribution in [-0.4, -0.2) is 11.8 Å². The van der Waals surface area contributed by atoms with Gasteiger partial charge in [0.1, 0.15) is 0 Å². The molecular weight excluding hydrogens is 170 g/mol. The van der Waals surface area contributed by atoms with Crippen molar-refractivity contribution in [2.75, 3.05) is 0 Å². The first-order valence-electron chi connectivity index (χ1n) is 5.13. The van der Waals surface area contributed by atoms with Gasteiger partial charge in [-0.15, -0.1) is 0 Å². The first-order chi connectivity index (χ1) is 6.86. The Morgan fingerprint density at radius 1 is 1.29 bits per heavy atom. The van der Waals surface area contributed by atoms with Gasteiger partial charge in [0.15, 0.2) is 0 Å². The number of hydrogen-bond acceptors (Lipinski definition) is 1. The highest BCUT2D eigenvalue weighted by atomic mass is 14.8. The van der Waals surface area contributed by atoms with E-state index < -0.39 is 0 Å². The van der Waals surface area contributed by atoms with Crippen molar-refractivity contribution in [1.29, 1.82) is 0 Å². The molecule has 0 aromatic heterocycles. The van der Waals surface area contributed by atoms with Crippen LogP contribution in [0.25, 0.3) is 0 Å². The van der Waals surface area contributed by atoms with E-state index in [1.165, 1.54) is 18.4 Å². The number of rotatable bonds is 2. The summed E-state index contributed by atoms with van der Waals surface area (Å²) in [6.07, 6.45) is 6.76. The molecular formula is C13H15N. The van der Waals surface area contributed by atoms with Crippen LogP contribution in [0.1, 0.15) is 25.3 Å². The summed E-state index contributed by atoms with van der Waals surface area (Å²) in [6.45, 7) is 2.08. The third kappa shape index (κ3) is 2.11. The molecule has 1 aliphatic rings. The molecule has 1 nitrogen and oxygen atoms in total. The molecule has 0 radical (unpaired) electrons. The average Bonchev–Trinajstić information content (AvgIpc) is 2.72. The Morgan fingerprint density at radius 3 is 2.71 bits per heavy atom. The minimum atomic E-state index is 0.412. The van der Waals surface area contributed by atoms with Crippen LogP contribution in [0, 0.1) is 0 Å². The average molecular weight is 185 g/mol. The number of allylic oxidation sites excluding steroid dienone is 1. The maximum atomic E-state index is 4.68. The molecule has 0 amide bonds. The molecule has 1 atom stereocenters. The van der Waals surface area contributed by atoms with Gasteiger partial charge in [-0.3, -0.25) is 4.99 Å². The Hall–Kier alpha value is -1.37. The zero-order chi connectivity index (χ0) is 9.80. The Labute approximate surface area is 85.2 Å². The number of nitrogens with zero attached hydrogens (tertiary/aromatic N) is 1. The highest BCUT2D eigenvalue weighted by molar-refractivity contribution is 5.98. The van der Waals surface area contributed by atoms with Gasteiger partial charge in [0.25, 0.3) is 0 Å². The van der Waals surface area contributed by atoms with E-state index in [1.807, 2.05) is 6.07 Å². The molecule has 0 saturated heterocycles. The highest BCUT2D eigenvalue weighted by Gasteiger charge is 2.07. The summed E-state index contributed by atoms with van der Waals surface area (Å²) in [5.41, 5.74) is 2.37. The van der Waals surface area contributed by atoms with Gasteiger partial charge >= 0.3 is 0 Å². The van der Waals surface area contributed by atoms with E-state index in [1.54, 1.807) is 0 Å². The van der Waals surface area contributed by atoms with Crippen molar-refractivity contribution in [3.8, 4) is 0 Å². The topological polar surface area (TPSA) is 12.4 Å². The molecule has 1 aliphatic carbocycles. The molecule has 1 aromatic rings. The monoisotopic (exact) mass is 185 g/mol. The Kier molecular flexibility index (Phi) is 2.78. The van der Waals surface area contributed by atoms with Gasteiger partial charge in [0, 0.05) is 5.71 Å². The highest BCUT2D eigenvalue weighted by Crippen LogP contribution is 2.14. The fourth-order valence-corrected chi connectivity index (χ4v) is 1.73. The normalized spacial score (nSPS) is 21.5. The van der Waals surface area contributed by atoms with Crippen molar-refractivity contribution >= 4 is 5.71 Å². The summed E-state index contributed by atoms with van der Waals surface area (Å²) >= 11 is 0. The molecule has 0 aliphatic heterocycles. The summed E-state index contributed by atoms with van der Waals surface area (Å²) in [5.74, 6) is 0. The van der Waals surface area contributed by atoms with Gasteiger partial charge in [-0.25, -0.2) is 0 Å². The second-order valence-corrected chi connectivity index (χ2v) is 3.65. The van der Waals surface area contributed by atoms with Crippen LogP contribution in [0.2, 0.25) is 0 Å². The van der Waals surface area contributed by atoms with Crippen LogP contribution in [0.5, 0.6) is 0 Å². The summed E-state index contributed by atoms with van der Waals surface area (Å²) in [4.78, 5) is 4.68. The van der Waals surface area contributed by atoms with Crippen LogP contribution in [0.4, 0.5) is 0 Å². The molecule has 1 aromatic carbocycles. The van der Waals surface area contributed by atoms with Gasteiger partial charge < -0.3 is 0 Å². The van der Waals surface area contributed by atoms with Crippen molar-refractivity contribution in [3.05, 3.63) is 48.0 Å². The van der Waals surface area contributed by atoms with Crippen molar-refractivity contribution in [3.63, 3.8) is 0 Å². The Balaban J connectivity index is 2.15. The molecule has 1 heteroatoms. The molecule has 0 bridgehead atoms. The lowest BCUT2D eigenvalue weighted by Gasteiger charge is -2.04. The van der Waals surface area contributed by atoms with Crippen molar-refractivity contribution < 1.29 is 0 Å². The maximum absolute atomic E-state index is 4.68. The number of aliphatic imine (C=N–C) groups is 1. The molecule has 0 N–H and O–H groups in total. The van der Waals surface area contributed by atoms with Crippen LogP contribution >= 0.6 is 0 Å². The molecule has 14 heavy (non-hydrogen) atoms. The van der Waals surface area contributed by atoms with E-state index in [9.17, 15) is 0 Å². The molecule has 72 valence electrons. The first-order valence-corrected chi connectivity index (χ1v) is 5.13. The number of benzene rings is 1. The lowest BCUT2D eigenvalue weighted by atomic mass is 10.1. The second kappa shape index (κ2) is 4.23. The Bertz CT molecular complexity index is 349. The fraction of sp³-hybridized carbons (Fsp3) is 0.308. The van der Waals surface area contributed by atoms with Gasteiger partial charge in [-0.2, -0.15) is 0 Å². The number of hydrogen-bond donors (Lipinski definition) is 0. The zero-order valence-corrected chi connectivity index (χ0v) is 8.48. The van der Waals surface area contributed by atoms with E-state index in [2.05, 4.69) is 48.3 Å². The van der Waals surface area contributed by atoms with E-state index >= 15 is 0 Å². The van der Waals surface area contributed by atoms with E-state index in [0.717, 1.165) is 5.71 Å². The molecule has 2 rings (SSSR count). The molecule has 0 heterocycles. The second-order valence-electron chi connectivity index (χ2n) is 3.65. The van der Waals surface area contributed by atoms with Crippen LogP contribution in [0.15, 0.2) is 47.5 Å². The third-order valence-corrected chi connectivity index (χ3v) is 2.54. The van der Waals surface area contributed by atoms with Gasteiger partial charge in [0.05, 0.1) is 6.04 Å². The molecule has 0 spiro atoms. The fourth-order valence-electron chi connectivity index (χ4n) is 1.73. The smallest absolute Gasteiger partial charge is 0.0686 e. The third-order valence-electron chi connectivity index (χ3n) is 2.54. The predicted molar refractivity (Wildman–Crippen MR) is 60.8 cm³/mol.